The molecule has 1 rings (SSSR count). The summed E-state index contributed by atoms with van der Waals surface area (Å²) in [6, 6.07) is -1.67. The van der Waals surface area contributed by atoms with Gasteiger partial charge in [-0.05, 0) is 13.8 Å². The van der Waals surface area contributed by atoms with Crippen LogP contribution in [0.1, 0.15) is 20.3 Å². The van der Waals surface area contributed by atoms with E-state index in [-0.39, 0.29) is 31.5 Å². The van der Waals surface area contributed by atoms with Gasteiger partial charge in [-0.1, -0.05) is 0 Å². The summed E-state index contributed by atoms with van der Waals surface area (Å²) in [7, 11) is 0. The van der Waals surface area contributed by atoms with E-state index in [1.807, 2.05) is 0 Å². The van der Waals surface area contributed by atoms with Crippen molar-refractivity contribution in [3.63, 3.8) is 0 Å². The Bertz CT molecular complexity index is 286. The maximum atomic E-state index is 12.5. The van der Waals surface area contributed by atoms with Crippen LogP contribution in [-0.2, 0) is 4.79 Å². The van der Waals surface area contributed by atoms with Crippen molar-refractivity contribution in [3.05, 3.63) is 0 Å². The van der Waals surface area contributed by atoms with Gasteiger partial charge in [-0.3, -0.25) is 9.69 Å². The summed E-state index contributed by atoms with van der Waals surface area (Å²) in [5, 5.41) is 0. The highest BCUT2D eigenvalue weighted by Crippen LogP contribution is 2.25. The van der Waals surface area contributed by atoms with Crippen LogP contribution in [-0.4, -0.2) is 60.1 Å². The molecule has 0 aliphatic carbocycles. The third-order valence-electron chi connectivity index (χ3n) is 3.18. The van der Waals surface area contributed by atoms with E-state index in [0.717, 1.165) is 6.92 Å². The molecule has 1 heterocycles. The first-order valence-corrected chi connectivity index (χ1v) is 6.06. The van der Waals surface area contributed by atoms with Gasteiger partial charge < -0.3 is 10.6 Å². The average molecular weight is 267 g/mol. The topological polar surface area (TPSA) is 49.6 Å². The van der Waals surface area contributed by atoms with Crippen LogP contribution in [0.5, 0.6) is 0 Å². The van der Waals surface area contributed by atoms with E-state index < -0.39 is 12.2 Å². The molecule has 1 saturated heterocycles. The van der Waals surface area contributed by atoms with Crippen molar-refractivity contribution in [1.82, 2.24) is 9.80 Å². The normalized spacial score (nSPS) is 21.8. The molecule has 7 heteroatoms. The fourth-order valence-electron chi connectivity index (χ4n) is 1.97. The Hall–Kier alpha value is -0.820. The summed E-state index contributed by atoms with van der Waals surface area (Å²) in [6.45, 7) is 4.08. The number of alkyl halides is 3. The quantitative estimate of drug-likeness (QED) is 0.823. The zero-order valence-electron chi connectivity index (χ0n) is 10.7. The molecule has 4 nitrogen and oxygen atoms in total. The van der Waals surface area contributed by atoms with Crippen LogP contribution in [0.3, 0.4) is 0 Å². The molecule has 1 amide bonds. The highest BCUT2D eigenvalue weighted by atomic mass is 19.4. The molecule has 106 valence electrons. The fourth-order valence-corrected chi connectivity index (χ4v) is 1.97. The van der Waals surface area contributed by atoms with Crippen molar-refractivity contribution in [2.45, 2.75) is 38.5 Å². The van der Waals surface area contributed by atoms with Crippen LogP contribution >= 0.6 is 0 Å². The van der Waals surface area contributed by atoms with Crippen molar-refractivity contribution < 1.29 is 18.0 Å². The molecule has 0 bridgehead atoms. The lowest BCUT2D eigenvalue weighted by Crippen LogP contribution is -2.55. The standard InChI is InChI=1S/C11H20F3N3O/c1-8(15)7-10(18)17-5-3-16(4-6-17)9(2)11(12,13)14/h8-9H,3-7,15H2,1-2H3. The van der Waals surface area contributed by atoms with Gasteiger partial charge in [0.2, 0.25) is 5.91 Å². The number of amides is 1. The molecule has 0 radical (unpaired) electrons. The largest absolute Gasteiger partial charge is 0.403 e. The van der Waals surface area contributed by atoms with E-state index in [1.165, 1.54) is 4.90 Å². The van der Waals surface area contributed by atoms with Crippen LogP contribution in [0.2, 0.25) is 0 Å². The second kappa shape index (κ2) is 5.88. The van der Waals surface area contributed by atoms with Gasteiger partial charge in [-0.2, -0.15) is 13.2 Å². The Morgan fingerprint density at radius 1 is 1.22 bits per heavy atom. The Morgan fingerprint density at radius 2 is 1.72 bits per heavy atom. The number of halogens is 3. The number of nitrogens with two attached hydrogens (primary N) is 1. The van der Waals surface area contributed by atoms with Crippen molar-refractivity contribution in [2.75, 3.05) is 26.2 Å². The Kier molecular flexibility index (Phi) is 4.98. The summed E-state index contributed by atoms with van der Waals surface area (Å²) in [5.41, 5.74) is 5.53. The highest BCUT2D eigenvalue weighted by molar-refractivity contribution is 5.76. The average Bonchev–Trinajstić information content (AvgIpc) is 2.26. The number of hydrogen-bond acceptors (Lipinski definition) is 3. The zero-order valence-corrected chi connectivity index (χ0v) is 10.7. The molecule has 0 aromatic rings. The molecular weight excluding hydrogens is 247 g/mol. The second-order valence-electron chi connectivity index (χ2n) is 4.82. The predicted octanol–water partition coefficient (Wildman–Crippen LogP) is 0.819. The number of rotatable bonds is 3. The molecule has 0 aromatic heterocycles. The minimum Gasteiger partial charge on any atom is -0.340 e. The summed E-state index contributed by atoms with van der Waals surface area (Å²) in [5.74, 6) is -0.0793. The molecule has 0 spiro atoms. The van der Waals surface area contributed by atoms with Crippen molar-refractivity contribution >= 4 is 5.91 Å². The van der Waals surface area contributed by atoms with Crippen LogP contribution in [0.15, 0.2) is 0 Å². The Labute approximate surface area is 105 Å². The number of carbonyl (C=O) groups is 1. The van der Waals surface area contributed by atoms with Gasteiger partial charge in [0.05, 0.1) is 0 Å². The minimum absolute atomic E-state index is 0.0793. The van der Waals surface area contributed by atoms with E-state index in [0.29, 0.717) is 13.1 Å². The minimum atomic E-state index is -4.21. The van der Waals surface area contributed by atoms with E-state index in [2.05, 4.69) is 0 Å². The van der Waals surface area contributed by atoms with Crippen molar-refractivity contribution in [3.8, 4) is 0 Å². The molecule has 1 fully saturated rings. The third kappa shape index (κ3) is 4.13. The molecular formula is C11H20F3N3O. The van der Waals surface area contributed by atoms with Crippen LogP contribution in [0.4, 0.5) is 13.2 Å². The SMILES string of the molecule is CC(N)CC(=O)N1CCN(C(C)C(F)(F)F)CC1. The number of nitrogens with zero attached hydrogens (tertiary/aromatic N) is 2. The summed E-state index contributed by atoms with van der Waals surface area (Å²) >= 11 is 0. The summed E-state index contributed by atoms with van der Waals surface area (Å²) in [4.78, 5) is 14.6. The molecule has 0 saturated carbocycles. The molecule has 2 N–H and O–H groups in total. The van der Waals surface area contributed by atoms with Gasteiger partial charge >= 0.3 is 6.18 Å². The fraction of sp³-hybridized carbons (Fsp3) is 0.909. The van der Waals surface area contributed by atoms with Crippen molar-refractivity contribution in [2.24, 2.45) is 5.73 Å². The first-order chi connectivity index (χ1) is 8.21. The maximum absolute atomic E-state index is 12.5. The van der Waals surface area contributed by atoms with Crippen molar-refractivity contribution in [1.29, 1.82) is 0 Å². The molecule has 2 atom stereocenters. The van der Waals surface area contributed by atoms with Crippen LogP contribution < -0.4 is 5.73 Å². The second-order valence-corrected chi connectivity index (χ2v) is 4.82. The smallest absolute Gasteiger partial charge is 0.340 e. The zero-order chi connectivity index (χ0) is 13.9. The van der Waals surface area contributed by atoms with Gasteiger partial charge in [0.25, 0.3) is 0 Å². The lowest BCUT2D eigenvalue weighted by molar-refractivity contribution is -0.183. The molecule has 18 heavy (non-hydrogen) atoms. The number of hydrogen-bond donors (Lipinski definition) is 1. The van der Waals surface area contributed by atoms with Gasteiger partial charge in [0.1, 0.15) is 6.04 Å². The van der Waals surface area contributed by atoms with Gasteiger partial charge in [-0.15, -0.1) is 0 Å². The molecule has 1 aliphatic rings. The highest BCUT2D eigenvalue weighted by Gasteiger charge is 2.41. The summed E-state index contributed by atoms with van der Waals surface area (Å²) < 4.78 is 37.6. The number of carbonyl (C=O) groups excluding carboxylic acids is 1. The van der Waals surface area contributed by atoms with E-state index in [4.69, 9.17) is 5.73 Å². The lowest BCUT2D eigenvalue weighted by atomic mass is 10.2. The van der Waals surface area contributed by atoms with Crippen LogP contribution in [0, 0.1) is 0 Å². The van der Waals surface area contributed by atoms with Gasteiger partial charge in [0.15, 0.2) is 0 Å². The molecule has 1 aliphatic heterocycles. The monoisotopic (exact) mass is 267 g/mol. The Balaban J connectivity index is 2.44. The summed E-state index contributed by atoms with van der Waals surface area (Å²) in [6.07, 6.45) is -3.97. The lowest BCUT2D eigenvalue weighted by Gasteiger charge is -2.38. The first kappa shape index (κ1) is 15.2. The molecule has 0 aromatic carbocycles. The maximum Gasteiger partial charge on any atom is 0.403 e. The predicted molar refractivity (Wildman–Crippen MR) is 61.9 cm³/mol. The first-order valence-electron chi connectivity index (χ1n) is 6.06. The molecule has 2 unspecified atom stereocenters. The van der Waals surface area contributed by atoms with Gasteiger partial charge in [-0.25, -0.2) is 0 Å². The Morgan fingerprint density at radius 3 is 2.11 bits per heavy atom. The number of piperazine rings is 1. The third-order valence-corrected chi connectivity index (χ3v) is 3.18. The van der Waals surface area contributed by atoms with Gasteiger partial charge in [0, 0.05) is 38.6 Å². The van der Waals surface area contributed by atoms with E-state index in [1.54, 1.807) is 11.8 Å². The van der Waals surface area contributed by atoms with E-state index >= 15 is 0 Å². The van der Waals surface area contributed by atoms with Crippen LogP contribution in [0.25, 0.3) is 0 Å². The van der Waals surface area contributed by atoms with E-state index in [9.17, 15) is 18.0 Å².